The molecule has 4 heterocycles. The number of pyridine rings is 1. The lowest BCUT2D eigenvalue weighted by molar-refractivity contribution is 0.240. The first-order valence-electron chi connectivity index (χ1n) is 7.07. The van der Waals surface area contributed by atoms with Gasteiger partial charge >= 0.3 is 6.03 Å². The Morgan fingerprint density at radius 1 is 1.30 bits per heavy atom. The molecule has 4 rings (SSSR count). The lowest BCUT2D eigenvalue weighted by atomic mass is 10.0. The minimum absolute atomic E-state index is 0.0121. The second kappa shape index (κ2) is 4.49. The molecule has 3 N–H and O–H groups in total. The molecule has 0 unspecified atom stereocenters. The number of amides is 2. The number of carbonyl (C=O) groups excluding carboxylic acids is 1. The maximum Gasteiger partial charge on any atom is 0.322 e. The van der Waals surface area contributed by atoms with Crippen LogP contribution in [0.3, 0.4) is 0 Å². The molecule has 0 spiro atoms. The molecule has 2 aliphatic heterocycles. The van der Waals surface area contributed by atoms with Crippen LogP contribution in [0, 0.1) is 0 Å². The molecular weight excluding hydrogens is 254 g/mol. The molecule has 0 aromatic carbocycles. The number of hydrogen-bond acceptors (Lipinski definition) is 3. The SMILES string of the molecule is O=C1NCc2cnc3[nH]ccc3c2N1C1CCNCC1. The monoisotopic (exact) mass is 271 g/mol. The number of carbonyl (C=O) groups is 1. The number of aromatic amines is 1. The molecule has 6 nitrogen and oxygen atoms in total. The topological polar surface area (TPSA) is 73.0 Å². The van der Waals surface area contributed by atoms with Crippen molar-refractivity contribution in [2.45, 2.75) is 25.4 Å². The summed E-state index contributed by atoms with van der Waals surface area (Å²) in [6.45, 7) is 2.49. The summed E-state index contributed by atoms with van der Waals surface area (Å²) in [5, 5.41) is 7.34. The van der Waals surface area contributed by atoms with E-state index >= 15 is 0 Å². The summed E-state index contributed by atoms with van der Waals surface area (Å²) < 4.78 is 0. The second-order valence-corrected chi connectivity index (χ2v) is 5.38. The van der Waals surface area contributed by atoms with E-state index < -0.39 is 0 Å². The number of aromatic nitrogens is 2. The third kappa shape index (κ3) is 1.68. The summed E-state index contributed by atoms with van der Waals surface area (Å²) in [5.74, 6) is 0. The zero-order valence-electron chi connectivity index (χ0n) is 11.1. The van der Waals surface area contributed by atoms with Crippen LogP contribution in [0.25, 0.3) is 11.0 Å². The number of piperidine rings is 1. The predicted octanol–water partition coefficient (Wildman–Crippen LogP) is 1.34. The van der Waals surface area contributed by atoms with Crippen molar-refractivity contribution in [3.63, 3.8) is 0 Å². The smallest absolute Gasteiger partial charge is 0.322 e. The van der Waals surface area contributed by atoms with Gasteiger partial charge in [0.15, 0.2) is 0 Å². The van der Waals surface area contributed by atoms with E-state index in [1.165, 1.54) is 0 Å². The van der Waals surface area contributed by atoms with Crippen LogP contribution < -0.4 is 15.5 Å². The Balaban J connectivity index is 1.86. The Hall–Kier alpha value is -2.08. The van der Waals surface area contributed by atoms with Gasteiger partial charge in [0.05, 0.1) is 5.69 Å². The fourth-order valence-corrected chi connectivity index (χ4v) is 3.22. The van der Waals surface area contributed by atoms with Gasteiger partial charge in [-0.1, -0.05) is 0 Å². The zero-order valence-corrected chi connectivity index (χ0v) is 11.1. The van der Waals surface area contributed by atoms with E-state index in [0.717, 1.165) is 48.2 Å². The highest BCUT2D eigenvalue weighted by Crippen LogP contribution is 2.34. The maximum absolute atomic E-state index is 12.4. The van der Waals surface area contributed by atoms with Gasteiger partial charge in [0.2, 0.25) is 0 Å². The molecule has 0 atom stereocenters. The van der Waals surface area contributed by atoms with Crippen LogP contribution in [0.5, 0.6) is 0 Å². The molecule has 0 aliphatic carbocycles. The van der Waals surface area contributed by atoms with E-state index in [1.54, 1.807) is 0 Å². The quantitative estimate of drug-likeness (QED) is 0.733. The summed E-state index contributed by atoms with van der Waals surface area (Å²) >= 11 is 0. The van der Waals surface area contributed by atoms with Crippen molar-refractivity contribution in [3.8, 4) is 0 Å². The minimum Gasteiger partial charge on any atom is -0.346 e. The van der Waals surface area contributed by atoms with Gasteiger partial charge in [-0.3, -0.25) is 4.90 Å². The second-order valence-electron chi connectivity index (χ2n) is 5.38. The van der Waals surface area contributed by atoms with Gasteiger partial charge in [-0.15, -0.1) is 0 Å². The molecule has 6 heteroatoms. The zero-order chi connectivity index (χ0) is 13.5. The summed E-state index contributed by atoms with van der Waals surface area (Å²) in [4.78, 5) is 21.9. The molecule has 1 saturated heterocycles. The van der Waals surface area contributed by atoms with Crippen LogP contribution in [-0.2, 0) is 6.54 Å². The Morgan fingerprint density at radius 3 is 3.00 bits per heavy atom. The normalized spacial score (nSPS) is 20.0. The summed E-state index contributed by atoms with van der Waals surface area (Å²) in [5.41, 5.74) is 2.97. The molecule has 1 fully saturated rings. The Labute approximate surface area is 116 Å². The average molecular weight is 271 g/mol. The molecule has 2 amide bonds. The molecule has 0 radical (unpaired) electrons. The van der Waals surface area contributed by atoms with Crippen molar-refractivity contribution < 1.29 is 4.79 Å². The van der Waals surface area contributed by atoms with E-state index in [-0.39, 0.29) is 12.1 Å². The molecule has 104 valence electrons. The van der Waals surface area contributed by atoms with Gasteiger partial charge in [0.1, 0.15) is 5.65 Å². The lowest BCUT2D eigenvalue weighted by Gasteiger charge is -2.38. The Morgan fingerprint density at radius 2 is 2.15 bits per heavy atom. The van der Waals surface area contributed by atoms with Crippen molar-refractivity contribution in [3.05, 3.63) is 24.0 Å². The summed E-state index contributed by atoms with van der Waals surface area (Å²) in [6, 6.07) is 2.28. The van der Waals surface area contributed by atoms with Crippen molar-refractivity contribution in [2.75, 3.05) is 18.0 Å². The van der Waals surface area contributed by atoms with E-state index in [4.69, 9.17) is 0 Å². The maximum atomic E-state index is 12.4. The molecule has 0 saturated carbocycles. The first kappa shape index (κ1) is 11.7. The standard InChI is InChI=1S/C14H17N5O/c20-14-18-8-9-7-17-13-11(3-6-16-13)12(9)19(14)10-1-4-15-5-2-10/h3,6-7,10,15H,1-2,4-5,8H2,(H,16,17)(H,18,20). The van der Waals surface area contributed by atoms with E-state index in [0.29, 0.717) is 6.54 Å². The number of anilines is 1. The van der Waals surface area contributed by atoms with Crippen molar-refractivity contribution in [1.82, 2.24) is 20.6 Å². The number of hydrogen-bond donors (Lipinski definition) is 3. The first-order chi connectivity index (χ1) is 9.84. The summed E-state index contributed by atoms with van der Waals surface area (Å²) in [6.07, 6.45) is 5.72. The minimum atomic E-state index is 0.0121. The number of H-pyrrole nitrogens is 1. The molecule has 2 aliphatic rings. The van der Waals surface area contributed by atoms with Crippen LogP contribution in [0.2, 0.25) is 0 Å². The third-order valence-corrected chi connectivity index (χ3v) is 4.20. The highest BCUT2D eigenvalue weighted by Gasteiger charge is 2.33. The van der Waals surface area contributed by atoms with Crippen LogP contribution in [-0.4, -0.2) is 35.1 Å². The molecular formula is C14H17N5O. The number of nitrogens with zero attached hydrogens (tertiary/aromatic N) is 2. The molecule has 20 heavy (non-hydrogen) atoms. The van der Waals surface area contributed by atoms with Gasteiger partial charge in [0.25, 0.3) is 0 Å². The van der Waals surface area contributed by atoms with Gasteiger partial charge < -0.3 is 15.6 Å². The van der Waals surface area contributed by atoms with Crippen LogP contribution in [0.1, 0.15) is 18.4 Å². The van der Waals surface area contributed by atoms with Crippen molar-refractivity contribution in [1.29, 1.82) is 0 Å². The lowest BCUT2D eigenvalue weighted by Crippen LogP contribution is -2.52. The van der Waals surface area contributed by atoms with Crippen LogP contribution in [0.15, 0.2) is 18.5 Å². The van der Waals surface area contributed by atoms with Crippen molar-refractivity contribution in [2.24, 2.45) is 0 Å². The predicted molar refractivity (Wildman–Crippen MR) is 76.7 cm³/mol. The number of fused-ring (bicyclic) bond motifs is 3. The highest BCUT2D eigenvalue weighted by atomic mass is 16.2. The number of rotatable bonds is 1. The fourth-order valence-electron chi connectivity index (χ4n) is 3.22. The average Bonchev–Trinajstić information content (AvgIpc) is 2.96. The Bertz CT molecular complexity index is 659. The third-order valence-electron chi connectivity index (χ3n) is 4.20. The van der Waals surface area contributed by atoms with E-state index in [9.17, 15) is 4.79 Å². The number of urea groups is 1. The number of nitrogens with one attached hydrogen (secondary N) is 3. The van der Waals surface area contributed by atoms with Crippen molar-refractivity contribution >= 4 is 22.8 Å². The van der Waals surface area contributed by atoms with Gasteiger partial charge in [0, 0.05) is 35.9 Å². The van der Waals surface area contributed by atoms with Crippen LogP contribution in [0.4, 0.5) is 10.5 Å². The summed E-state index contributed by atoms with van der Waals surface area (Å²) in [7, 11) is 0. The molecule has 2 aromatic rings. The Kier molecular flexibility index (Phi) is 2.63. The molecule has 2 aromatic heterocycles. The first-order valence-corrected chi connectivity index (χ1v) is 7.07. The van der Waals surface area contributed by atoms with E-state index in [2.05, 4.69) is 20.6 Å². The van der Waals surface area contributed by atoms with E-state index in [1.807, 2.05) is 23.4 Å². The van der Waals surface area contributed by atoms with Gasteiger partial charge in [-0.2, -0.15) is 0 Å². The largest absolute Gasteiger partial charge is 0.346 e. The molecule has 0 bridgehead atoms. The fraction of sp³-hybridized carbons (Fsp3) is 0.429. The van der Waals surface area contributed by atoms with Gasteiger partial charge in [-0.05, 0) is 32.0 Å². The van der Waals surface area contributed by atoms with Crippen LogP contribution >= 0.6 is 0 Å². The highest BCUT2D eigenvalue weighted by molar-refractivity contribution is 6.04. The van der Waals surface area contributed by atoms with Gasteiger partial charge in [-0.25, -0.2) is 9.78 Å².